The van der Waals surface area contributed by atoms with E-state index in [1.54, 1.807) is 0 Å². The topological polar surface area (TPSA) is 6.48 Å². The number of anilines is 6. The first-order valence-corrected chi connectivity index (χ1v) is 44.4. The minimum Gasteiger partial charge on any atom is -0.309 e. The zero-order valence-corrected chi connectivity index (χ0v) is 70.4. The lowest BCUT2D eigenvalue weighted by Gasteiger charge is -2.34. The molecule has 1 atom stereocenters. The third kappa shape index (κ3) is 12.2. The van der Waals surface area contributed by atoms with Crippen LogP contribution in [0.2, 0.25) is 0 Å². The second-order valence-electron chi connectivity index (χ2n) is 33.9. The van der Waals surface area contributed by atoms with Crippen molar-refractivity contribution < 1.29 is 0 Å². The molecule has 2 nitrogen and oxygen atoms in total. The molecule has 128 heavy (non-hydrogen) atoms. The van der Waals surface area contributed by atoms with Gasteiger partial charge in [0.15, 0.2) is 0 Å². The fraction of sp³-hybridized carbons (Fsp3) is 0.0159. The Morgan fingerprint density at radius 3 is 0.766 bits per heavy atom. The number of rotatable bonds is 17. The van der Waals surface area contributed by atoms with Crippen LogP contribution in [0.5, 0.6) is 0 Å². The first-order chi connectivity index (χ1) is 63.5. The molecule has 22 aromatic rings. The number of hydrogen-bond acceptors (Lipinski definition) is 2. The maximum absolute atomic E-state index is 2.55. The summed E-state index contributed by atoms with van der Waals surface area (Å²) >= 11 is 0. The van der Waals surface area contributed by atoms with Crippen LogP contribution in [-0.2, 0) is 10.8 Å². The molecule has 24 rings (SSSR count). The minimum atomic E-state index is -0.670. The lowest BCUT2D eigenvalue weighted by molar-refractivity contribution is 0.768. The van der Waals surface area contributed by atoms with Crippen molar-refractivity contribution in [3.8, 4) is 100 Å². The Hall–Kier alpha value is -16.5. The number of hydrogen-bond donors (Lipinski definition) is 0. The van der Waals surface area contributed by atoms with Gasteiger partial charge in [0.25, 0.3) is 0 Å². The highest BCUT2D eigenvalue weighted by atomic mass is 15.2. The zero-order valence-electron chi connectivity index (χ0n) is 70.4. The van der Waals surface area contributed by atoms with E-state index in [1.165, 1.54) is 138 Å². The Bertz CT molecular complexity index is 7970. The van der Waals surface area contributed by atoms with Crippen molar-refractivity contribution in [1.82, 2.24) is 0 Å². The van der Waals surface area contributed by atoms with Gasteiger partial charge in [-0.1, -0.05) is 449 Å². The van der Waals surface area contributed by atoms with Gasteiger partial charge in [-0.3, -0.25) is 0 Å². The van der Waals surface area contributed by atoms with E-state index < -0.39 is 10.8 Å². The molecule has 0 bridgehead atoms. The molecular formula is C126H84N2. The molecular weight excluding hydrogens is 1540 g/mol. The maximum Gasteiger partial charge on any atom is 0.0713 e. The molecule has 0 radical (unpaired) electrons. The summed E-state index contributed by atoms with van der Waals surface area (Å²) in [6.07, 6.45) is 0. The summed E-state index contributed by atoms with van der Waals surface area (Å²) < 4.78 is 0. The van der Waals surface area contributed by atoms with Crippen LogP contribution in [-0.4, -0.2) is 0 Å². The largest absolute Gasteiger partial charge is 0.309 e. The summed E-state index contributed by atoms with van der Waals surface area (Å²) in [4.78, 5) is 5.09. The van der Waals surface area contributed by atoms with Gasteiger partial charge in [0, 0.05) is 44.6 Å². The zero-order chi connectivity index (χ0) is 84.6. The van der Waals surface area contributed by atoms with Crippen LogP contribution in [0.25, 0.3) is 143 Å². The van der Waals surface area contributed by atoms with E-state index in [1.807, 2.05) is 0 Å². The summed E-state index contributed by atoms with van der Waals surface area (Å²) in [5.41, 5.74) is 36.4. The first kappa shape index (κ1) is 75.2. The number of nitrogens with zero attached hydrogens (tertiary/aromatic N) is 2. The summed E-state index contributed by atoms with van der Waals surface area (Å²) in [5.74, 6) is 0. The summed E-state index contributed by atoms with van der Waals surface area (Å²) in [6.45, 7) is 0. The van der Waals surface area contributed by atoms with Gasteiger partial charge in [-0.25, -0.2) is 0 Å². The number of benzene rings is 22. The van der Waals surface area contributed by atoms with Crippen molar-refractivity contribution in [2.24, 2.45) is 0 Å². The van der Waals surface area contributed by atoms with Crippen LogP contribution >= 0.6 is 0 Å². The first-order valence-electron chi connectivity index (χ1n) is 44.4. The smallest absolute Gasteiger partial charge is 0.0713 e. The fourth-order valence-corrected chi connectivity index (χ4v) is 21.6. The van der Waals surface area contributed by atoms with Crippen molar-refractivity contribution >= 4 is 77.2 Å². The lowest BCUT2D eigenvalue weighted by atomic mass is 9.67. The molecule has 0 N–H and O–H groups in total. The summed E-state index contributed by atoms with van der Waals surface area (Å²) in [5, 5.41) is 9.61. The maximum atomic E-state index is 2.55. The van der Waals surface area contributed by atoms with Crippen molar-refractivity contribution in [1.29, 1.82) is 0 Å². The van der Waals surface area contributed by atoms with Gasteiger partial charge >= 0.3 is 0 Å². The van der Waals surface area contributed by atoms with Crippen molar-refractivity contribution in [2.45, 2.75) is 10.8 Å². The van der Waals surface area contributed by atoms with E-state index >= 15 is 0 Å². The van der Waals surface area contributed by atoms with E-state index in [0.29, 0.717) is 0 Å². The summed E-state index contributed by atoms with van der Waals surface area (Å²) in [6, 6.07) is 190. The minimum absolute atomic E-state index is 0.545. The van der Waals surface area contributed by atoms with Gasteiger partial charge in [-0.15, -0.1) is 0 Å². The van der Waals surface area contributed by atoms with Crippen LogP contribution < -0.4 is 9.80 Å². The molecule has 1 unspecified atom stereocenters. The molecule has 0 spiro atoms. The Kier molecular flexibility index (Phi) is 18.4. The highest BCUT2D eigenvalue weighted by Crippen LogP contribution is 2.62. The third-order valence-electron chi connectivity index (χ3n) is 27.2. The van der Waals surface area contributed by atoms with Crippen LogP contribution in [0.4, 0.5) is 34.1 Å². The molecule has 2 heteroatoms. The molecule has 0 saturated carbocycles. The Balaban J connectivity index is 0.604. The predicted molar refractivity (Wildman–Crippen MR) is 538 cm³/mol. The van der Waals surface area contributed by atoms with E-state index in [0.717, 1.165) is 84.2 Å². The SMILES string of the molecule is c1ccc(-c2ccccc2-c2ccc(N(c3ccc4c(c3)-c3ccccc3C4(c3ccccc3)c3ccc(-c4cccc(-c5cccc(-c6ccc(N(c7ccc8c(c7)-c7ccccc7C8(c7ccccc7)c7ccccc7)c7c(-c8ccccc8)c8ccccc8c8ccccc78)cc6)c5)c4)cc3)c3c(-c4ccccc4)c4ccccc4c4ccccc34)cc2)cc1. The third-order valence-corrected chi connectivity index (χ3v) is 27.2. The van der Waals surface area contributed by atoms with E-state index in [9.17, 15) is 0 Å². The van der Waals surface area contributed by atoms with Gasteiger partial charge in [0.1, 0.15) is 0 Å². The highest BCUT2D eigenvalue weighted by Gasteiger charge is 2.48. The second-order valence-corrected chi connectivity index (χ2v) is 33.9. The predicted octanol–water partition coefficient (Wildman–Crippen LogP) is 33.6. The van der Waals surface area contributed by atoms with Gasteiger partial charge in [-0.05, 0) is 227 Å². The Morgan fingerprint density at radius 1 is 0.133 bits per heavy atom. The molecule has 22 aromatic carbocycles. The molecule has 0 heterocycles. The van der Waals surface area contributed by atoms with Crippen molar-refractivity contribution in [3.63, 3.8) is 0 Å². The van der Waals surface area contributed by atoms with Crippen LogP contribution in [0, 0.1) is 0 Å². The van der Waals surface area contributed by atoms with E-state index in [-0.39, 0.29) is 0 Å². The Labute approximate surface area is 746 Å². The van der Waals surface area contributed by atoms with Crippen LogP contribution in [0.1, 0.15) is 44.5 Å². The van der Waals surface area contributed by atoms with Crippen molar-refractivity contribution in [2.75, 3.05) is 9.80 Å². The molecule has 0 amide bonds. The van der Waals surface area contributed by atoms with Gasteiger partial charge in [0.2, 0.25) is 0 Å². The van der Waals surface area contributed by atoms with Crippen LogP contribution in [0.15, 0.2) is 510 Å². The lowest BCUT2D eigenvalue weighted by Crippen LogP contribution is -2.28. The van der Waals surface area contributed by atoms with E-state index in [4.69, 9.17) is 0 Å². The monoisotopic (exact) mass is 1620 g/mol. The quantitative estimate of drug-likeness (QED) is 0.0839. The van der Waals surface area contributed by atoms with Crippen molar-refractivity contribution in [3.05, 3.63) is 554 Å². The van der Waals surface area contributed by atoms with Gasteiger partial charge in [0.05, 0.1) is 22.2 Å². The molecule has 0 fully saturated rings. The molecule has 0 aliphatic heterocycles. The average molecular weight is 1630 g/mol. The van der Waals surface area contributed by atoms with Crippen LogP contribution in [0.3, 0.4) is 0 Å². The highest BCUT2D eigenvalue weighted by molar-refractivity contribution is 6.24. The molecule has 2 aliphatic rings. The fourth-order valence-electron chi connectivity index (χ4n) is 21.6. The average Bonchev–Trinajstić information content (AvgIpc) is 1.54. The van der Waals surface area contributed by atoms with Gasteiger partial charge in [-0.2, -0.15) is 0 Å². The standard InChI is InChI=1S/C126H84N2/c1-7-35-87(36-8-1)103-51-19-20-52-104(103)88-69-75-100(76-70-88)128(124-114-62-28-24-56-108(114)106-54-22-26-60-112(106)122(124)90-39-11-3-12-40-90)102-78-80-120-116(84-102)110-58-30-32-64-118(110)126(120,97-49-17-6-18-50-97)98-71-65-85(66-72-98)91-41-33-43-93(81-91)94-44-34-42-92(82-94)86-67-73-99(74-68-86)127(123-113-61-27-23-55-107(113)105-53-21-25-59-111(105)121(123)89-37-9-2-10-38-89)101-77-79-119-115(83-101)109-57-29-31-63-117(109)125(119,95-45-13-4-14-46-95)96-47-15-5-16-48-96/h1-84H. The number of fused-ring (bicyclic) bond motifs is 12. The second kappa shape index (κ2) is 31.4. The molecule has 2 aliphatic carbocycles. The molecule has 0 saturated heterocycles. The Morgan fingerprint density at radius 2 is 0.383 bits per heavy atom. The summed E-state index contributed by atoms with van der Waals surface area (Å²) in [7, 11) is 0. The molecule has 0 aromatic heterocycles. The van der Waals surface area contributed by atoms with Gasteiger partial charge < -0.3 is 9.80 Å². The molecule has 598 valence electrons. The normalized spacial score (nSPS) is 13.4. The van der Waals surface area contributed by atoms with E-state index in [2.05, 4.69) is 519 Å².